The highest BCUT2D eigenvalue weighted by molar-refractivity contribution is 7.89. The monoisotopic (exact) mass is 272 g/mol. The van der Waals surface area contributed by atoms with Gasteiger partial charge in [0.15, 0.2) is 0 Å². The fourth-order valence-corrected chi connectivity index (χ4v) is 2.70. The molecule has 1 aromatic carbocycles. The number of aromatic carboxylic acids is 1. The number of anilines is 1. The SMILES string of the molecule is CCCCNS(=O)(=O)c1cc(N)ccc1C(=O)O. The molecule has 0 radical (unpaired) electrons. The van der Waals surface area contributed by atoms with E-state index in [0.717, 1.165) is 12.5 Å². The van der Waals surface area contributed by atoms with Crippen LogP contribution < -0.4 is 10.5 Å². The van der Waals surface area contributed by atoms with Gasteiger partial charge < -0.3 is 10.8 Å². The van der Waals surface area contributed by atoms with Gasteiger partial charge in [-0.3, -0.25) is 0 Å². The van der Waals surface area contributed by atoms with E-state index >= 15 is 0 Å². The minimum Gasteiger partial charge on any atom is -0.478 e. The van der Waals surface area contributed by atoms with Gasteiger partial charge in [-0.05, 0) is 24.6 Å². The Kier molecular flexibility index (Phi) is 4.69. The summed E-state index contributed by atoms with van der Waals surface area (Å²) < 4.78 is 26.3. The summed E-state index contributed by atoms with van der Waals surface area (Å²) in [5.41, 5.74) is 5.41. The first-order valence-electron chi connectivity index (χ1n) is 5.51. The molecule has 0 aliphatic carbocycles. The first-order valence-corrected chi connectivity index (χ1v) is 6.99. The summed E-state index contributed by atoms with van der Waals surface area (Å²) in [7, 11) is -3.84. The third-order valence-corrected chi connectivity index (χ3v) is 3.85. The molecule has 0 aromatic heterocycles. The standard InChI is InChI=1S/C11H16N2O4S/c1-2-3-6-13-18(16,17)10-7-8(12)4-5-9(10)11(14)15/h4-5,7,13H,2-3,6,12H2,1H3,(H,14,15). The molecule has 18 heavy (non-hydrogen) atoms. The third kappa shape index (κ3) is 3.44. The molecule has 0 unspecified atom stereocenters. The lowest BCUT2D eigenvalue weighted by Crippen LogP contribution is -2.26. The molecule has 0 bridgehead atoms. The Bertz CT molecular complexity index is 540. The summed E-state index contributed by atoms with van der Waals surface area (Å²) in [5.74, 6) is -1.30. The second-order valence-corrected chi connectivity index (χ2v) is 5.55. The zero-order valence-corrected chi connectivity index (χ0v) is 10.8. The lowest BCUT2D eigenvalue weighted by molar-refractivity contribution is 0.0692. The summed E-state index contributed by atoms with van der Waals surface area (Å²) in [5, 5.41) is 8.96. The van der Waals surface area contributed by atoms with Gasteiger partial charge in [0, 0.05) is 12.2 Å². The van der Waals surface area contributed by atoms with Crippen LogP contribution in [0.2, 0.25) is 0 Å². The van der Waals surface area contributed by atoms with E-state index in [4.69, 9.17) is 10.8 Å². The van der Waals surface area contributed by atoms with E-state index in [0.29, 0.717) is 6.42 Å². The molecule has 0 amide bonds. The first-order chi connectivity index (χ1) is 8.38. The number of carboxylic acids is 1. The van der Waals surface area contributed by atoms with Crippen molar-refractivity contribution in [1.29, 1.82) is 0 Å². The predicted octanol–water partition coefficient (Wildman–Crippen LogP) is 1.05. The largest absolute Gasteiger partial charge is 0.478 e. The molecule has 6 nitrogen and oxygen atoms in total. The Morgan fingerprint density at radius 3 is 2.67 bits per heavy atom. The number of hydrogen-bond acceptors (Lipinski definition) is 4. The zero-order chi connectivity index (χ0) is 13.8. The molecule has 0 heterocycles. The molecule has 0 saturated heterocycles. The lowest BCUT2D eigenvalue weighted by atomic mass is 10.2. The van der Waals surface area contributed by atoms with Crippen LogP contribution in [0.3, 0.4) is 0 Å². The maximum atomic E-state index is 12.0. The van der Waals surface area contributed by atoms with Gasteiger partial charge >= 0.3 is 5.97 Å². The van der Waals surface area contributed by atoms with Crippen LogP contribution in [-0.2, 0) is 10.0 Å². The normalized spacial score (nSPS) is 11.4. The molecule has 100 valence electrons. The van der Waals surface area contributed by atoms with Crippen LogP contribution in [0.1, 0.15) is 30.1 Å². The van der Waals surface area contributed by atoms with Crippen molar-refractivity contribution in [3.63, 3.8) is 0 Å². The molecule has 0 spiro atoms. The number of nitrogens with one attached hydrogen (secondary N) is 1. The number of sulfonamides is 1. The molecule has 4 N–H and O–H groups in total. The molecule has 0 atom stereocenters. The van der Waals surface area contributed by atoms with Crippen molar-refractivity contribution in [2.24, 2.45) is 0 Å². The Morgan fingerprint density at radius 2 is 2.11 bits per heavy atom. The van der Waals surface area contributed by atoms with Crippen LogP contribution in [0.5, 0.6) is 0 Å². The van der Waals surface area contributed by atoms with Crippen molar-refractivity contribution in [1.82, 2.24) is 4.72 Å². The molecule has 0 aliphatic rings. The van der Waals surface area contributed by atoms with Gasteiger partial charge in [-0.25, -0.2) is 17.9 Å². The van der Waals surface area contributed by atoms with Crippen LogP contribution >= 0.6 is 0 Å². The number of nitrogens with two attached hydrogens (primary N) is 1. The second kappa shape index (κ2) is 5.83. The number of carboxylic acid groups (broad SMARTS) is 1. The lowest BCUT2D eigenvalue weighted by Gasteiger charge is -2.09. The Labute approximate surface area is 106 Å². The van der Waals surface area contributed by atoms with E-state index in [1.165, 1.54) is 12.1 Å². The molecule has 1 rings (SSSR count). The van der Waals surface area contributed by atoms with Gasteiger partial charge in [0.2, 0.25) is 10.0 Å². The van der Waals surface area contributed by atoms with Crippen molar-refractivity contribution < 1.29 is 18.3 Å². The van der Waals surface area contributed by atoms with Crippen molar-refractivity contribution >= 4 is 21.7 Å². The smallest absolute Gasteiger partial charge is 0.337 e. The molecule has 0 fully saturated rings. The van der Waals surface area contributed by atoms with Gasteiger partial charge in [0.25, 0.3) is 0 Å². The Morgan fingerprint density at radius 1 is 1.44 bits per heavy atom. The van der Waals surface area contributed by atoms with Crippen molar-refractivity contribution in [3.05, 3.63) is 23.8 Å². The molecule has 0 saturated carbocycles. The fourth-order valence-electron chi connectivity index (χ4n) is 1.40. The molecule has 1 aromatic rings. The minimum absolute atomic E-state index is 0.205. The van der Waals surface area contributed by atoms with Crippen LogP contribution in [0, 0.1) is 0 Å². The Balaban J connectivity index is 3.14. The van der Waals surface area contributed by atoms with Gasteiger partial charge in [-0.2, -0.15) is 0 Å². The van der Waals surface area contributed by atoms with E-state index in [-0.39, 0.29) is 22.7 Å². The minimum atomic E-state index is -3.84. The highest BCUT2D eigenvalue weighted by atomic mass is 32.2. The number of hydrogen-bond donors (Lipinski definition) is 3. The summed E-state index contributed by atoms with van der Waals surface area (Å²) in [6.45, 7) is 2.20. The number of unbranched alkanes of at least 4 members (excludes halogenated alkanes) is 1. The third-order valence-electron chi connectivity index (χ3n) is 2.35. The topological polar surface area (TPSA) is 109 Å². The number of nitrogen functional groups attached to an aromatic ring is 1. The summed E-state index contributed by atoms with van der Waals surface area (Å²) in [6, 6.07) is 3.69. The van der Waals surface area contributed by atoms with E-state index in [2.05, 4.69) is 4.72 Å². The average molecular weight is 272 g/mol. The van der Waals surface area contributed by atoms with Gasteiger partial charge in [-0.1, -0.05) is 13.3 Å². The first kappa shape index (κ1) is 14.5. The molecular formula is C11H16N2O4S. The fraction of sp³-hybridized carbons (Fsp3) is 0.364. The van der Waals surface area contributed by atoms with Crippen molar-refractivity contribution in [2.75, 3.05) is 12.3 Å². The van der Waals surface area contributed by atoms with Crippen LogP contribution in [0.4, 0.5) is 5.69 Å². The highest BCUT2D eigenvalue weighted by Gasteiger charge is 2.21. The van der Waals surface area contributed by atoms with Crippen LogP contribution in [0.15, 0.2) is 23.1 Å². The van der Waals surface area contributed by atoms with Gasteiger partial charge in [0.05, 0.1) is 10.5 Å². The molecular weight excluding hydrogens is 256 g/mol. The van der Waals surface area contributed by atoms with Gasteiger partial charge in [0.1, 0.15) is 0 Å². The van der Waals surface area contributed by atoms with E-state index in [9.17, 15) is 13.2 Å². The number of rotatable bonds is 6. The summed E-state index contributed by atoms with van der Waals surface area (Å²) in [6.07, 6.45) is 1.52. The van der Waals surface area contributed by atoms with E-state index in [1.54, 1.807) is 0 Å². The van der Waals surface area contributed by atoms with Crippen LogP contribution in [0.25, 0.3) is 0 Å². The maximum absolute atomic E-state index is 12.0. The van der Waals surface area contributed by atoms with E-state index < -0.39 is 16.0 Å². The number of carbonyl (C=O) groups is 1. The second-order valence-electron chi connectivity index (χ2n) is 3.81. The van der Waals surface area contributed by atoms with E-state index in [1.807, 2.05) is 6.92 Å². The summed E-state index contributed by atoms with van der Waals surface area (Å²) in [4.78, 5) is 10.7. The maximum Gasteiger partial charge on any atom is 0.337 e. The average Bonchev–Trinajstić information content (AvgIpc) is 2.28. The number of benzene rings is 1. The molecule has 0 aliphatic heterocycles. The van der Waals surface area contributed by atoms with Gasteiger partial charge in [-0.15, -0.1) is 0 Å². The predicted molar refractivity (Wildman–Crippen MR) is 67.9 cm³/mol. The molecule has 7 heteroatoms. The van der Waals surface area contributed by atoms with Crippen LogP contribution in [-0.4, -0.2) is 26.0 Å². The van der Waals surface area contributed by atoms with Crippen molar-refractivity contribution in [2.45, 2.75) is 24.7 Å². The van der Waals surface area contributed by atoms with Crippen molar-refractivity contribution in [3.8, 4) is 0 Å². The zero-order valence-electron chi connectivity index (χ0n) is 10.0. The quantitative estimate of drug-likeness (QED) is 0.529. The Hall–Kier alpha value is -1.60. The highest BCUT2D eigenvalue weighted by Crippen LogP contribution is 2.19. The summed E-state index contributed by atoms with van der Waals surface area (Å²) >= 11 is 0.